The molecule has 0 radical (unpaired) electrons. The van der Waals surface area contributed by atoms with E-state index in [9.17, 15) is 0 Å². The van der Waals surface area contributed by atoms with E-state index in [1.165, 1.54) is 0 Å². The lowest BCUT2D eigenvalue weighted by atomic mass is 9.92. The molecular formula is C31H30FN5O3. The molecule has 204 valence electrons. The SMILES string of the molecule is CCOc1cc(OC2CCOC2)c(F)c(C(c2cc3cc(N)ccc3c(N)n2)c2nc(-c3ccccc3)c[nH]2)c1. The van der Waals surface area contributed by atoms with Gasteiger partial charge in [0.25, 0.3) is 0 Å². The molecule has 9 heteroatoms. The first-order valence-electron chi connectivity index (χ1n) is 13.3. The summed E-state index contributed by atoms with van der Waals surface area (Å²) in [6, 6.07) is 20.3. The van der Waals surface area contributed by atoms with Crippen LogP contribution >= 0.6 is 0 Å². The fourth-order valence-corrected chi connectivity index (χ4v) is 5.08. The first-order chi connectivity index (χ1) is 19.5. The van der Waals surface area contributed by atoms with Crippen LogP contribution < -0.4 is 20.9 Å². The number of halogens is 1. The van der Waals surface area contributed by atoms with E-state index in [-0.39, 0.29) is 11.9 Å². The second kappa shape index (κ2) is 10.9. The molecule has 1 fully saturated rings. The minimum absolute atomic E-state index is 0.0919. The number of H-pyrrole nitrogens is 1. The van der Waals surface area contributed by atoms with E-state index < -0.39 is 11.7 Å². The molecule has 1 saturated heterocycles. The fraction of sp³-hybridized carbons (Fsp3) is 0.226. The molecule has 2 unspecified atom stereocenters. The number of nitrogens with one attached hydrogen (secondary N) is 1. The molecule has 5 aromatic rings. The topological polar surface area (TPSA) is 121 Å². The van der Waals surface area contributed by atoms with Gasteiger partial charge in [0.15, 0.2) is 11.6 Å². The summed E-state index contributed by atoms with van der Waals surface area (Å²) < 4.78 is 33.8. The molecule has 3 heterocycles. The Kier molecular flexibility index (Phi) is 6.96. The van der Waals surface area contributed by atoms with Gasteiger partial charge in [0.1, 0.15) is 23.5 Å². The third kappa shape index (κ3) is 5.03. The number of fused-ring (bicyclic) bond motifs is 1. The quantitative estimate of drug-likeness (QED) is 0.217. The maximum atomic E-state index is 16.4. The van der Waals surface area contributed by atoms with Crippen LogP contribution in [-0.2, 0) is 4.74 Å². The Labute approximate surface area is 231 Å². The number of aromatic amines is 1. The highest BCUT2D eigenvalue weighted by atomic mass is 19.1. The Morgan fingerprint density at radius 1 is 1.07 bits per heavy atom. The van der Waals surface area contributed by atoms with E-state index in [1.54, 1.807) is 24.4 Å². The van der Waals surface area contributed by atoms with Gasteiger partial charge in [-0.25, -0.2) is 14.4 Å². The molecule has 8 nitrogen and oxygen atoms in total. The normalized spacial score (nSPS) is 15.8. The van der Waals surface area contributed by atoms with Crippen LogP contribution in [0, 0.1) is 5.82 Å². The number of nitrogen functional groups attached to an aromatic ring is 2. The summed E-state index contributed by atoms with van der Waals surface area (Å²) in [7, 11) is 0. The van der Waals surface area contributed by atoms with Gasteiger partial charge in [-0.1, -0.05) is 30.3 Å². The number of imidazole rings is 1. The number of pyridine rings is 1. The Bertz CT molecular complexity index is 1650. The average molecular weight is 540 g/mol. The van der Waals surface area contributed by atoms with E-state index >= 15 is 4.39 Å². The van der Waals surface area contributed by atoms with Gasteiger partial charge >= 0.3 is 0 Å². The maximum Gasteiger partial charge on any atom is 0.169 e. The minimum atomic E-state index is -0.756. The Balaban J connectivity index is 1.55. The molecule has 6 rings (SSSR count). The van der Waals surface area contributed by atoms with Crippen molar-refractivity contribution >= 4 is 22.3 Å². The van der Waals surface area contributed by atoms with Crippen molar-refractivity contribution in [1.82, 2.24) is 15.0 Å². The van der Waals surface area contributed by atoms with Crippen LogP contribution in [0.2, 0.25) is 0 Å². The largest absolute Gasteiger partial charge is 0.494 e. The molecule has 3 aromatic carbocycles. The van der Waals surface area contributed by atoms with Gasteiger partial charge in [-0.2, -0.15) is 0 Å². The van der Waals surface area contributed by atoms with Crippen molar-refractivity contribution in [3.05, 3.63) is 95.8 Å². The monoisotopic (exact) mass is 539 g/mol. The van der Waals surface area contributed by atoms with Crippen molar-refractivity contribution in [2.24, 2.45) is 0 Å². The highest BCUT2D eigenvalue weighted by Crippen LogP contribution is 2.40. The Morgan fingerprint density at radius 3 is 2.70 bits per heavy atom. The molecular weight excluding hydrogens is 509 g/mol. The van der Waals surface area contributed by atoms with Crippen molar-refractivity contribution in [2.45, 2.75) is 25.4 Å². The van der Waals surface area contributed by atoms with Crippen LogP contribution in [0.3, 0.4) is 0 Å². The molecule has 0 saturated carbocycles. The Hall–Kier alpha value is -4.63. The fourth-order valence-electron chi connectivity index (χ4n) is 5.08. The lowest BCUT2D eigenvalue weighted by molar-refractivity contribution is 0.137. The van der Waals surface area contributed by atoms with Crippen LogP contribution in [-0.4, -0.2) is 40.9 Å². The minimum Gasteiger partial charge on any atom is -0.494 e. The average Bonchev–Trinajstić information content (AvgIpc) is 3.65. The van der Waals surface area contributed by atoms with Crippen LogP contribution in [0.5, 0.6) is 11.5 Å². The summed E-state index contributed by atoms with van der Waals surface area (Å²) in [5.41, 5.74) is 15.5. The number of ether oxygens (including phenoxy) is 3. The number of hydrogen-bond acceptors (Lipinski definition) is 7. The molecule has 2 aromatic heterocycles. The van der Waals surface area contributed by atoms with Gasteiger partial charge in [0.2, 0.25) is 0 Å². The summed E-state index contributed by atoms with van der Waals surface area (Å²) in [4.78, 5) is 12.9. The van der Waals surface area contributed by atoms with E-state index in [0.29, 0.717) is 60.6 Å². The van der Waals surface area contributed by atoms with E-state index in [4.69, 9.17) is 35.6 Å². The predicted octanol–water partition coefficient (Wildman–Crippen LogP) is 5.68. The van der Waals surface area contributed by atoms with Crippen LogP contribution in [0.15, 0.2) is 72.9 Å². The number of anilines is 2. The van der Waals surface area contributed by atoms with Crippen LogP contribution in [0.1, 0.15) is 36.3 Å². The number of nitrogens with two attached hydrogens (primary N) is 2. The standard InChI is InChI=1S/C31H30FN5O3/c1-2-39-22-14-24(29(32)27(15-22)40-21-10-11-38-17-21)28(31-35-16-26(37-31)18-6-4-3-5-7-18)25-13-19-12-20(33)8-9-23(19)30(34)36-25/h3-9,12-16,21,28H,2,10-11,17,33H2,1H3,(H2,34,36)(H,35,37). The van der Waals surface area contributed by atoms with Crippen molar-refractivity contribution < 1.29 is 18.6 Å². The maximum absolute atomic E-state index is 16.4. The summed E-state index contributed by atoms with van der Waals surface area (Å²) in [6.07, 6.45) is 2.24. The number of benzene rings is 3. The molecule has 0 bridgehead atoms. The zero-order valence-electron chi connectivity index (χ0n) is 22.1. The number of nitrogens with zero attached hydrogens (tertiary/aromatic N) is 2. The third-order valence-electron chi connectivity index (χ3n) is 6.99. The molecule has 5 N–H and O–H groups in total. The number of rotatable bonds is 8. The first-order valence-corrected chi connectivity index (χ1v) is 13.3. The van der Waals surface area contributed by atoms with Gasteiger partial charge in [-0.3, -0.25) is 0 Å². The van der Waals surface area contributed by atoms with Crippen molar-refractivity contribution in [3.63, 3.8) is 0 Å². The van der Waals surface area contributed by atoms with Crippen molar-refractivity contribution in [3.8, 4) is 22.8 Å². The van der Waals surface area contributed by atoms with Gasteiger partial charge in [-0.15, -0.1) is 0 Å². The molecule has 40 heavy (non-hydrogen) atoms. The molecule has 0 spiro atoms. The summed E-state index contributed by atoms with van der Waals surface area (Å²) >= 11 is 0. The summed E-state index contributed by atoms with van der Waals surface area (Å²) in [5.74, 6) is 0.101. The summed E-state index contributed by atoms with van der Waals surface area (Å²) in [5, 5.41) is 1.55. The lowest BCUT2D eigenvalue weighted by Crippen LogP contribution is -2.18. The molecule has 1 aliphatic heterocycles. The second-order valence-corrected chi connectivity index (χ2v) is 9.74. The molecule has 2 atom stereocenters. The predicted molar refractivity (Wildman–Crippen MR) is 153 cm³/mol. The Morgan fingerprint density at radius 2 is 1.93 bits per heavy atom. The van der Waals surface area contributed by atoms with Crippen LogP contribution in [0.4, 0.5) is 15.9 Å². The van der Waals surface area contributed by atoms with Crippen LogP contribution in [0.25, 0.3) is 22.0 Å². The lowest BCUT2D eigenvalue weighted by Gasteiger charge is -2.21. The van der Waals surface area contributed by atoms with Crippen molar-refractivity contribution in [2.75, 3.05) is 31.3 Å². The van der Waals surface area contributed by atoms with Gasteiger partial charge < -0.3 is 30.7 Å². The van der Waals surface area contributed by atoms with E-state index in [2.05, 4.69) is 4.98 Å². The zero-order valence-corrected chi connectivity index (χ0v) is 22.1. The smallest absolute Gasteiger partial charge is 0.169 e. The highest BCUT2D eigenvalue weighted by molar-refractivity contribution is 5.93. The van der Waals surface area contributed by atoms with Gasteiger partial charge in [0, 0.05) is 40.9 Å². The van der Waals surface area contributed by atoms with Gasteiger partial charge in [0.05, 0.1) is 37.1 Å². The first kappa shape index (κ1) is 25.6. The molecule has 0 amide bonds. The zero-order chi connectivity index (χ0) is 27.6. The molecule has 1 aliphatic rings. The van der Waals surface area contributed by atoms with Gasteiger partial charge in [-0.05, 0) is 42.6 Å². The molecule has 0 aliphatic carbocycles. The van der Waals surface area contributed by atoms with Crippen molar-refractivity contribution in [1.29, 1.82) is 0 Å². The second-order valence-electron chi connectivity index (χ2n) is 9.74. The highest BCUT2D eigenvalue weighted by Gasteiger charge is 2.30. The number of hydrogen-bond donors (Lipinski definition) is 3. The van der Waals surface area contributed by atoms with E-state index in [1.807, 2.05) is 55.5 Å². The van der Waals surface area contributed by atoms with E-state index in [0.717, 1.165) is 22.0 Å². The summed E-state index contributed by atoms with van der Waals surface area (Å²) in [6.45, 7) is 3.26. The third-order valence-corrected chi connectivity index (χ3v) is 6.99. The number of aromatic nitrogens is 3.